The van der Waals surface area contributed by atoms with Crippen molar-refractivity contribution in [2.45, 2.75) is 32.8 Å². The maximum Gasteiger partial charge on any atom is 0.133 e. The van der Waals surface area contributed by atoms with Crippen LogP contribution < -0.4 is 0 Å². The number of hydrogen-bond donors (Lipinski definition) is 1. The highest BCUT2D eigenvalue weighted by Gasteiger charge is 2.22. The fourth-order valence-electron chi connectivity index (χ4n) is 1.35. The molecule has 2 nitrogen and oxygen atoms in total. The number of Topliss-reactive ketones (excluding diaryl/α,β-unsaturated/α-hetero) is 1. The van der Waals surface area contributed by atoms with E-state index < -0.39 is 6.10 Å². The molecular formula is C9H14O2. The van der Waals surface area contributed by atoms with Gasteiger partial charge in [0, 0.05) is 5.92 Å². The fraction of sp³-hybridized carbons (Fsp3) is 0.667. The third-order valence-corrected chi connectivity index (χ3v) is 2.33. The van der Waals surface area contributed by atoms with Gasteiger partial charge in [0.25, 0.3) is 0 Å². The van der Waals surface area contributed by atoms with Crippen LogP contribution in [0, 0.1) is 5.92 Å². The highest BCUT2D eigenvalue weighted by atomic mass is 16.3. The molecule has 0 saturated carbocycles. The lowest BCUT2D eigenvalue weighted by molar-refractivity contribution is -0.121. The maximum atomic E-state index is 10.9. The van der Waals surface area contributed by atoms with Gasteiger partial charge < -0.3 is 5.11 Å². The second kappa shape index (κ2) is 3.18. The van der Waals surface area contributed by atoms with Crippen LogP contribution in [0.25, 0.3) is 0 Å². The summed E-state index contributed by atoms with van der Waals surface area (Å²) in [7, 11) is 0. The Morgan fingerprint density at radius 1 is 1.73 bits per heavy atom. The summed E-state index contributed by atoms with van der Waals surface area (Å²) in [6, 6.07) is 0. The predicted octanol–water partition coefficient (Wildman–Crippen LogP) is 1.29. The van der Waals surface area contributed by atoms with Crippen LogP contribution >= 0.6 is 0 Å². The first-order valence-corrected chi connectivity index (χ1v) is 3.96. The Labute approximate surface area is 66.9 Å². The average molecular weight is 154 g/mol. The van der Waals surface area contributed by atoms with Crippen molar-refractivity contribution in [2.24, 2.45) is 5.92 Å². The van der Waals surface area contributed by atoms with Gasteiger partial charge in [-0.3, -0.25) is 4.79 Å². The maximum absolute atomic E-state index is 10.9. The van der Waals surface area contributed by atoms with E-state index in [1.54, 1.807) is 6.92 Å². The van der Waals surface area contributed by atoms with E-state index in [9.17, 15) is 9.90 Å². The molecule has 0 unspecified atom stereocenters. The molecule has 0 aromatic carbocycles. The standard InChI is InChI=1S/C9H14O2/c1-6-3-4-8(7(2)10)5-9(6)11/h3,8-9,11H,4-5H2,1-2H3/t8-,9-/m0/s1. The van der Waals surface area contributed by atoms with Crippen LogP contribution in [0.3, 0.4) is 0 Å². The quantitative estimate of drug-likeness (QED) is 0.578. The smallest absolute Gasteiger partial charge is 0.133 e. The van der Waals surface area contributed by atoms with Crippen LogP contribution in [0.5, 0.6) is 0 Å². The zero-order valence-electron chi connectivity index (χ0n) is 7.00. The molecule has 1 rings (SSSR count). The van der Waals surface area contributed by atoms with E-state index in [-0.39, 0.29) is 11.7 Å². The van der Waals surface area contributed by atoms with E-state index in [0.29, 0.717) is 6.42 Å². The van der Waals surface area contributed by atoms with Gasteiger partial charge in [0.15, 0.2) is 0 Å². The Balaban J connectivity index is 2.62. The van der Waals surface area contributed by atoms with E-state index in [4.69, 9.17) is 0 Å². The van der Waals surface area contributed by atoms with Gasteiger partial charge in [0.1, 0.15) is 5.78 Å². The molecule has 62 valence electrons. The lowest BCUT2D eigenvalue weighted by Gasteiger charge is -2.22. The Kier molecular flexibility index (Phi) is 2.45. The first kappa shape index (κ1) is 8.47. The summed E-state index contributed by atoms with van der Waals surface area (Å²) in [6.07, 6.45) is 2.98. The van der Waals surface area contributed by atoms with Crippen LogP contribution in [-0.4, -0.2) is 17.0 Å². The molecule has 0 aromatic rings. The van der Waals surface area contributed by atoms with Gasteiger partial charge >= 0.3 is 0 Å². The summed E-state index contributed by atoms with van der Waals surface area (Å²) < 4.78 is 0. The first-order chi connectivity index (χ1) is 5.11. The van der Waals surface area contributed by atoms with E-state index >= 15 is 0 Å². The predicted molar refractivity (Wildman–Crippen MR) is 43.2 cm³/mol. The van der Waals surface area contributed by atoms with Gasteiger partial charge in [0.2, 0.25) is 0 Å². The van der Waals surface area contributed by atoms with Gasteiger partial charge in [0.05, 0.1) is 6.10 Å². The third-order valence-electron chi connectivity index (χ3n) is 2.33. The number of ketones is 1. The molecule has 11 heavy (non-hydrogen) atoms. The van der Waals surface area contributed by atoms with Gasteiger partial charge in [-0.25, -0.2) is 0 Å². The molecule has 1 aliphatic carbocycles. The SMILES string of the molecule is CC(=O)[C@H]1CC=C(C)[C@@H](O)C1. The highest BCUT2D eigenvalue weighted by Crippen LogP contribution is 2.23. The van der Waals surface area contributed by atoms with Crippen molar-refractivity contribution in [1.29, 1.82) is 0 Å². The van der Waals surface area contributed by atoms with Crippen molar-refractivity contribution in [3.05, 3.63) is 11.6 Å². The molecule has 0 aromatic heterocycles. The van der Waals surface area contributed by atoms with Crippen LogP contribution in [0.2, 0.25) is 0 Å². The van der Waals surface area contributed by atoms with Crippen molar-refractivity contribution in [1.82, 2.24) is 0 Å². The molecule has 0 saturated heterocycles. The van der Waals surface area contributed by atoms with Gasteiger partial charge in [-0.15, -0.1) is 0 Å². The molecule has 0 heterocycles. The fourth-order valence-corrected chi connectivity index (χ4v) is 1.35. The van der Waals surface area contributed by atoms with Crippen LogP contribution in [-0.2, 0) is 4.79 Å². The van der Waals surface area contributed by atoms with Crippen molar-refractivity contribution < 1.29 is 9.90 Å². The van der Waals surface area contributed by atoms with Crippen molar-refractivity contribution in [2.75, 3.05) is 0 Å². The number of carbonyl (C=O) groups is 1. The summed E-state index contributed by atoms with van der Waals surface area (Å²) in [4.78, 5) is 10.9. The summed E-state index contributed by atoms with van der Waals surface area (Å²) in [5, 5.41) is 9.38. The minimum Gasteiger partial charge on any atom is -0.389 e. The Morgan fingerprint density at radius 2 is 2.36 bits per heavy atom. The first-order valence-electron chi connectivity index (χ1n) is 3.96. The number of aliphatic hydroxyl groups is 1. The number of hydrogen-bond acceptors (Lipinski definition) is 2. The van der Waals surface area contributed by atoms with Crippen LogP contribution in [0.1, 0.15) is 26.7 Å². The highest BCUT2D eigenvalue weighted by molar-refractivity contribution is 5.78. The molecule has 0 bridgehead atoms. The van der Waals surface area contributed by atoms with E-state index in [2.05, 4.69) is 0 Å². The molecule has 0 aliphatic heterocycles. The molecule has 1 N–H and O–H groups in total. The number of rotatable bonds is 1. The normalized spacial score (nSPS) is 31.4. The Morgan fingerprint density at radius 3 is 2.82 bits per heavy atom. The zero-order chi connectivity index (χ0) is 8.43. The second-order valence-corrected chi connectivity index (χ2v) is 3.24. The molecule has 0 spiro atoms. The van der Waals surface area contributed by atoms with Gasteiger partial charge in [-0.2, -0.15) is 0 Å². The zero-order valence-corrected chi connectivity index (χ0v) is 7.00. The lowest BCUT2D eigenvalue weighted by Crippen LogP contribution is -2.23. The van der Waals surface area contributed by atoms with E-state index in [1.807, 2.05) is 13.0 Å². The van der Waals surface area contributed by atoms with Gasteiger partial charge in [-0.05, 0) is 32.3 Å². The van der Waals surface area contributed by atoms with Crippen molar-refractivity contribution >= 4 is 5.78 Å². The number of allylic oxidation sites excluding steroid dienone is 1. The van der Waals surface area contributed by atoms with Crippen LogP contribution in [0.4, 0.5) is 0 Å². The van der Waals surface area contributed by atoms with Crippen molar-refractivity contribution in [3.8, 4) is 0 Å². The number of aliphatic hydroxyl groups excluding tert-OH is 1. The third kappa shape index (κ3) is 1.90. The average Bonchev–Trinajstić information content (AvgIpc) is 1.94. The molecule has 2 heteroatoms. The summed E-state index contributed by atoms with van der Waals surface area (Å²) >= 11 is 0. The topological polar surface area (TPSA) is 37.3 Å². The molecule has 1 aliphatic rings. The minimum absolute atomic E-state index is 0.0497. The molecule has 0 radical (unpaired) electrons. The summed E-state index contributed by atoms with van der Waals surface area (Å²) in [5.74, 6) is 0.238. The summed E-state index contributed by atoms with van der Waals surface area (Å²) in [6.45, 7) is 3.49. The van der Waals surface area contributed by atoms with Crippen molar-refractivity contribution in [3.63, 3.8) is 0 Å². The van der Waals surface area contributed by atoms with Gasteiger partial charge in [-0.1, -0.05) is 6.08 Å². The molecule has 2 atom stereocenters. The van der Waals surface area contributed by atoms with E-state index in [1.165, 1.54) is 0 Å². The lowest BCUT2D eigenvalue weighted by atomic mass is 9.86. The van der Waals surface area contributed by atoms with E-state index in [0.717, 1.165) is 12.0 Å². The Bertz CT molecular complexity index is 194. The number of carbonyl (C=O) groups excluding carboxylic acids is 1. The largest absolute Gasteiger partial charge is 0.389 e. The van der Waals surface area contributed by atoms with Crippen LogP contribution in [0.15, 0.2) is 11.6 Å². The monoisotopic (exact) mass is 154 g/mol. The molecular weight excluding hydrogens is 140 g/mol. The summed E-state index contributed by atoms with van der Waals surface area (Å²) in [5.41, 5.74) is 1.00. The second-order valence-electron chi connectivity index (χ2n) is 3.24. The molecule has 0 fully saturated rings. The Hall–Kier alpha value is -0.630. The minimum atomic E-state index is -0.391. The molecule has 0 amide bonds.